The van der Waals surface area contributed by atoms with Crippen molar-refractivity contribution in [2.45, 2.75) is 71.6 Å². The maximum absolute atomic E-state index is 11.6. The molecule has 1 rings (SSSR count). The highest BCUT2D eigenvalue weighted by Gasteiger charge is 2.16. The lowest BCUT2D eigenvalue weighted by Gasteiger charge is -2.20. The minimum atomic E-state index is -0.298. The summed E-state index contributed by atoms with van der Waals surface area (Å²) in [5, 5.41) is 0. The van der Waals surface area contributed by atoms with Crippen LogP contribution >= 0.6 is 0 Å². The number of carbonyl (C=O) groups excluding carboxylic acids is 2. The molecule has 1 unspecified atom stereocenters. The molecule has 4 heteroatoms. The summed E-state index contributed by atoms with van der Waals surface area (Å²) in [6.07, 6.45) is 8.33. The summed E-state index contributed by atoms with van der Waals surface area (Å²) < 4.78 is 10.4. The molecule has 1 fully saturated rings. The fraction of sp³-hybridized carbons (Fsp3) is 0.882. The lowest BCUT2D eigenvalue weighted by Crippen LogP contribution is -2.17. The van der Waals surface area contributed by atoms with E-state index in [4.69, 9.17) is 9.47 Å². The van der Waals surface area contributed by atoms with E-state index in [2.05, 4.69) is 13.8 Å². The molecule has 0 saturated heterocycles. The van der Waals surface area contributed by atoms with Gasteiger partial charge in [0.1, 0.15) is 0 Å². The van der Waals surface area contributed by atoms with Crippen molar-refractivity contribution in [2.75, 3.05) is 13.2 Å². The molecule has 0 aromatic rings. The minimum Gasteiger partial charge on any atom is -0.466 e. The maximum atomic E-state index is 11.6. The summed E-state index contributed by atoms with van der Waals surface area (Å²) in [6, 6.07) is 0. The van der Waals surface area contributed by atoms with Gasteiger partial charge in [-0.1, -0.05) is 39.5 Å². The first kappa shape index (κ1) is 18.0. The second-order valence-corrected chi connectivity index (χ2v) is 6.21. The Hall–Kier alpha value is -1.06. The molecule has 0 aromatic heterocycles. The topological polar surface area (TPSA) is 52.6 Å². The molecule has 21 heavy (non-hydrogen) atoms. The van der Waals surface area contributed by atoms with Crippen LogP contribution < -0.4 is 0 Å². The van der Waals surface area contributed by atoms with Crippen LogP contribution in [0.25, 0.3) is 0 Å². The lowest BCUT2D eigenvalue weighted by molar-refractivity contribution is -0.151. The van der Waals surface area contributed by atoms with Gasteiger partial charge in [-0.15, -0.1) is 0 Å². The Kier molecular flexibility index (Phi) is 9.11. The van der Waals surface area contributed by atoms with Gasteiger partial charge >= 0.3 is 11.9 Å². The third kappa shape index (κ3) is 8.74. The van der Waals surface area contributed by atoms with Gasteiger partial charge in [-0.05, 0) is 31.1 Å². The Morgan fingerprint density at radius 1 is 1.05 bits per heavy atom. The smallest absolute Gasteiger partial charge is 0.306 e. The number of rotatable bonds is 9. The zero-order valence-corrected chi connectivity index (χ0v) is 13.6. The van der Waals surface area contributed by atoms with Gasteiger partial charge in [-0.3, -0.25) is 9.59 Å². The van der Waals surface area contributed by atoms with Crippen molar-refractivity contribution in [3.63, 3.8) is 0 Å². The number of carbonyl (C=O) groups is 2. The van der Waals surface area contributed by atoms with E-state index >= 15 is 0 Å². The molecule has 122 valence electrons. The van der Waals surface area contributed by atoms with Crippen LogP contribution in [0.15, 0.2) is 0 Å². The summed E-state index contributed by atoms with van der Waals surface area (Å²) in [7, 11) is 0. The van der Waals surface area contributed by atoms with Crippen LogP contribution in [0.4, 0.5) is 0 Å². The molecule has 0 radical (unpaired) electrons. The Labute approximate surface area is 128 Å². The number of esters is 2. The Morgan fingerprint density at radius 2 is 1.67 bits per heavy atom. The zero-order valence-electron chi connectivity index (χ0n) is 13.6. The van der Waals surface area contributed by atoms with Gasteiger partial charge in [0.2, 0.25) is 0 Å². The fourth-order valence-electron chi connectivity index (χ4n) is 2.49. The van der Waals surface area contributed by atoms with Crippen LogP contribution in [0.1, 0.15) is 71.6 Å². The number of hydrogen-bond acceptors (Lipinski definition) is 4. The van der Waals surface area contributed by atoms with Gasteiger partial charge in [0.25, 0.3) is 0 Å². The van der Waals surface area contributed by atoms with Crippen molar-refractivity contribution in [3.8, 4) is 0 Å². The standard InChI is InChI=1S/C17H30O4/c1-3-14(2)11-12-20-16(18)9-10-17(19)21-13-15-7-5-4-6-8-15/h14-15H,3-13H2,1-2H3. The molecule has 0 bridgehead atoms. The van der Waals surface area contributed by atoms with E-state index in [9.17, 15) is 9.59 Å². The molecule has 1 aliphatic carbocycles. The summed E-state index contributed by atoms with van der Waals surface area (Å²) in [5.41, 5.74) is 0. The molecule has 0 aromatic carbocycles. The molecule has 1 aliphatic rings. The maximum Gasteiger partial charge on any atom is 0.306 e. The molecule has 0 N–H and O–H groups in total. The van der Waals surface area contributed by atoms with E-state index in [0.29, 0.717) is 25.0 Å². The molecular formula is C17H30O4. The Morgan fingerprint density at radius 3 is 2.29 bits per heavy atom. The summed E-state index contributed by atoms with van der Waals surface area (Å²) >= 11 is 0. The third-order valence-corrected chi connectivity index (χ3v) is 4.31. The van der Waals surface area contributed by atoms with Crippen molar-refractivity contribution in [3.05, 3.63) is 0 Å². The average molecular weight is 298 g/mol. The van der Waals surface area contributed by atoms with E-state index < -0.39 is 0 Å². The van der Waals surface area contributed by atoms with Gasteiger partial charge in [-0.2, -0.15) is 0 Å². The van der Waals surface area contributed by atoms with Crippen molar-refractivity contribution in [2.24, 2.45) is 11.8 Å². The quantitative estimate of drug-likeness (QED) is 0.606. The molecule has 1 saturated carbocycles. The highest BCUT2D eigenvalue weighted by molar-refractivity contribution is 5.77. The van der Waals surface area contributed by atoms with E-state index in [1.807, 2.05) is 0 Å². The summed E-state index contributed by atoms with van der Waals surface area (Å²) in [4.78, 5) is 23.1. The Balaban J connectivity index is 2.02. The monoisotopic (exact) mass is 298 g/mol. The first-order valence-electron chi connectivity index (χ1n) is 8.43. The van der Waals surface area contributed by atoms with Crippen LogP contribution in [-0.2, 0) is 19.1 Å². The van der Waals surface area contributed by atoms with Crippen molar-refractivity contribution in [1.82, 2.24) is 0 Å². The highest BCUT2D eigenvalue weighted by Crippen LogP contribution is 2.23. The SMILES string of the molecule is CCC(C)CCOC(=O)CCC(=O)OCC1CCCCC1. The van der Waals surface area contributed by atoms with Crippen LogP contribution in [0.3, 0.4) is 0 Å². The van der Waals surface area contributed by atoms with Gasteiger partial charge < -0.3 is 9.47 Å². The second kappa shape index (κ2) is 10.6. The van der Waals surface area contributed by atoms with Crippen molar-refractivity contribution in [1.29, 1.82) is 0 Å². The third-order valence-electron chi connectivity index (χ3n) is 4.31. The number of hydrogen-bond donors (Lipinski definition) is 0. The van der Waals surface area contributed by atoms with Gasteiger partial charge in [-0.25, -0.2) is 0 Å². The molecule has 0 aliphatic heterocycles. The zero-order chi connectivity index (χ0) is 15.5. The normalized spacial score (nSPS) is 17.2. The van der Waals surface area contributed by atoms with E-state index in [1.165, 1.54) is 19.3 Å². The molecule has 4 nitrogen and oxygen atoms in total. The largest absolute Gasteiger partial charge is 0.466 e. The second-order valence-electron chi connectivity index (χ2n) is 6.21. The fourth-order valence-corrected chi connectivity index (χ4v) is 2.49. The molecule has 0 spiro atoms. The first-order chi connectivity index (χ1) is 10.1. The van der Waals surface area contributed by atoms with Gasteiger partial charge in [0.15, 0.2) is 0 Å². The lowest BCUT2D eigenvalue weighted by atomic mass is 9.90. The Bertz CT molecular complexity index is 308. The minimum absolute atomic E-state index is 0.129. The van der Waals surface area contributed by atoms with Crippen molar-refractivity contribution < 1.29 is 19.1 Å². The molecule has 1 atom stereocenters. The predicted octanol–water partition coefficient (Wildman–Crippen LogP) is 3.87. The van der Waals surface area contributed by atoms with Crippen LogP contribution in [0.5, 0.6) is 0 Å². The van der Waals surface area contributed by atoms with Gasteiger partial charge in [0.05, 0.1) is 26.1 Å². The summed E-state index contributed by atoms with van der Waals surface area (Å²) in [5.74, 6) is 0.510. The molecule has 0 heterocycles. The van der Waals surface area contributed by atoms with Gasteiger partial charge in [0, 0.05) is 0 Å². The average Bonchev–Trinajstić information content (AvgIpc) is 2.51. The number of ether oxygens (including phenoxy) is 2. The highest BCUT2D eigenvalue weighted by atomic mass is 16.5. The van der Waals surface area contributed by atoms with E-state index in [1.54, 1.807) is 0 Å². The van der Waals surface area contributed by atoms with Crippen LogP contribution in [-0.4, -0.2) is 25.2 Å². The van der Waals surface area contributed by atoms with E-state index in [0.717, 1.165) is 25.7 Å². The van der Waals surface area contributed by atoms with Crippen LogP contribution in [0.2, 0.25) is 0 Å². The van der Waals surface area contributed by atoms with Crippen LogP contribution in [0, 0.1) is 11.8 Å². The first-order valence-corrected chi connectivity index (χ1v) is 8.43. The van der Waals surface area contributed by atoms with E-state index in [-0.39, 0.29) is 24.8 Å². The van der Waals surface area contributed by atoms with Crippen molar-refractivity contribution >= 4 is 11.9 Å². The summed E-state index contributed by atoms with van der Waals surface area (Å²) in [6.45, 7) is 5.22. The predicted molar refractivity (Wildman–Crippen MR) is 81.8 cm³/mol. The molecular weight excluding hydrogens is 268 g/mol. The molecule has 0 amide bonds.